The number of benzene rings is 1. The minimum absolute atomic E-state index is 0.232. The smallest absolute Gasteiger partial charge is 0.399 e. The van der Waals surface area contributed by atoms with Gasteiger partial charge in [-0.25, -0.2) is 0 Å². The van der Waals surface area contributed by atoms with Gasteiger partial charge in [-0.2, -0.15) is 4.98 Å². The Labute approximate surface area is 81.1 Å². The first-order chi connectivity index (χ1) is 6.88. The molecule has 4 heteroatoms. The number of hydrogen-bond donors (Lipinski definition) is 0. The molecule has 0 atom stereocenters. The number of aromatic nitrogens is 1. The first-order valence-corrected chi connectivity index (χ1v) is 4.10. The fourth-order valence-corrected chi connectivity index (χ4v) is 1.01. The van der Waals surface area contributed by atoms with Gasteiger partial charge in [0.2, 0.25) is 0 Å². The summed E-state index contributed by atoms with van der Waals surface area (Å²) >= 11 is 0. The van der Waals surface area contributed by atoms with E-state index < -0.39 is 0 Å². The average Bonchev–Trinajstić information content (AvgIpc) is 2.72. The monoisotopic (exact) mass is 191 g/mol. The molecule has 0 N–H and O–H groups in total. The van der Waals surface area contributed by atoms with Gasteiger partial charge in [0, 0.05) is 0 Å². The Kier molecular flexibility index (Phi) is 2.36. The molecule has 1 aromatic heterocycles. The lowest BCUT2D eigenvalue weighted by atomic mass is 10.3. The van der Waals surface area contributed by atoms with Crippen molar-refractivity contribution in [3.8, 4) is 17.6 Å². The van der Waals surface area contributed by atoms with Crippen LogP contribution in [0.4, 0.5) is 0 Å². The minimum Gasteiger partial charge on any atom is -0.497 e. The SMILES string of the molecule is COc1ccc(Oc2ncco2)cc1. The molecule has 1 aromatic carbocycles. The Bertz CT molecular complexity index is 380. The highest BCUT2D eigenvalue weighted by molar-refractivity contribution is 5.32. The lowest BCUT2D eigenvalue weighted by molar-refractivity contribution is 0.330. The molecule has 0 saturated carbocycles. The highest BCUT2D eigenvalue weighted by Crippen LogP contribution is 2.21. The number of rotatable bonds is 3. The third-order valence-corrected chi connectivity index (χ3v) is 1.67. The molecule has 0 fully saturated rings. The number of nitrogens with zero attached hydrogens (tertiary/aromatic N) is 1. The summed E-state index contributed by atoms with van der Waals surface area (Å²) in [6, 6.07) is 7.17. The Balaban J connectivity index is 2.10. The van der Waals surface area contributed by atoms with Crippen molar-refractivity contribution >= 4 is 0 Å². The summed E-state index contributed by atoms with van der Waals surface area (Å²) in [5, 5.41) is 0. The summed E-state index contributed by atoms with van der Waals surface area (Å²) in [5.74, 6) is 1.44. The quantitative estimate of drug-likeness (QED) is 0.747. The Morgan fingerprint density at radius 3 is 2.43 bits per heavy atom. The molecule has 4 nitrogen and oxygen atoms in total. The van der Waals surface area contributed by atoms with Crippen molar-refractivity contribution in [1.29, 1.82) is 0 Å². The Hall–Kier alpha value is -1.97. The van der Waals surface area contributed by atoms with Gasteiger partial charge in [-0.1, -0.05) is 0 Å². The van der Waals surface area contributed by atoms with E-state index in [1.54, 1.807) is 31.4 Å². The van der Waals surface area contributed by atoms with Gasteiger partial charge in [0.25, 0.3) is 0 Å². The van der Waals surface area contributed by atoms with E-state index in [9.17, 15) is 0 Å². The number of methoxy groups -OCH3 is 1. The van der Waals surface area contributed by atoms with Crippen molar-refractivity contribution < 1.29 is 13.9 Å². The van der Waals surface area contributed by atoms with Crippen LogP contribution < -0.4 is 9.47 Å². The predicted molar refractivity (Wildman–Crippen MR) is 49.6 cm³/mol. The van der Waals surface area contributed by atoms with Crippen LogP contribution in [0.2, 0.25) is 0 Å². The second kappa shape index (κ2) is 3.83. The van der Waals surface area contributed by atoms with Gasteiger partial charge >= 0.3 is 6.08 Å². The molecule has 0 radical (unpaired) electrons. The molecule has 0 amide bonds. The zero-order chi connectivity index (χ0) is 9.80. The van der Waals surface area contributed by atoms with Crippen LogP contribution in [0, 0.1) is 0 Å². The molecule has 2 aromatic rings. The van der Waals surface area contributed by atoms with Crippen LogP contribution in [0.15, 0.2) is 41.1 Å². The molecule has 0 aliphatic rings. The topological polar surface area (TPSA) is 44.5 Å². The maximum absolute atomic E-state index is 5.28. The first kappa shape index (κ1) is 8.62. The summed E-state index contributed by atoms with van der Waals surface area (Å²) in [6.45, 7) is 0. The van der Waals surface area contributed by atoms with Crippen LogP contribution in [0.25, 0.3) is 0 Å². The highest BCUT2D eigenvalue weighted by atomic mass is 16.6. The first-order valence-electron chi connectivity index (χ1n) is 4.10. The molecule has 14 heavy (non-hydrogen) atoms. The van der Waals surface area contributed by atoms with Gasteiger partial charge in [0.05, 0.1) is 13.3 Å². The molecule has 0 aliphatic carbocycles. The van der Waals surface area contributed by atoms with E-state index in [4.69, 9.17) is 13.9 Å². The number of ether oxygens (including phenoxy) is 2. The summed E-state index contributed by atoms with van der Waals surface area (Å²) in [6.07, 6.45) is 3.22. The summed E-state index contributed by atoms with van der Waals surface area (Å²) in [4.78, 5) is 3.83. The number of oxazole rings is 1. The second-order valence-corrected chi connectivity index (χ2v) is 2.58. The van der Waals surface area contributed by atoms with Crippen LogP contribution in [-0.4, -0.2) is 12.1 Å². The third kappa shape index (κ3) is 1.85. The van der Waals surface area contributed by atoms with Crippen LogP contribution in [0.3, 0.4) is 0 Å². The van der Waals surface area contributed by atoms with E-state index in [0.717, 1.165) is 5.75 Å². The predicted octanol–water partition coefficient (Wildman–Crippen LogP) is 2.48. The molecule has 0 spiro atoms. The standard InChI is InChI=1S/C10H9NO3/c1-12-8-2-4-9(5-3-8)14-10-11-6-7-13-10/h2-7H,1H3. The molecule has 0 unspecified atom stereocenters. The Morgan fingerprint density at radius 2 is 1.86 bits per heavy atom. The fraction of sp³-hybridized carbons (Fsp3) is 0.100. The van der Waals surface area contributed by atoms with Crippen LogP contribution >= 0.6 is 0 Å². The van der Waals surface area contributed by atoms with E-state index in [-0.39, 0.29) is 6.08 Å². The van der Waals surface area contributed by atoms with E-state index in [1.807, 2.05) is 0 Å². The summed E-state index contributed by atoms with van der Waals surface area (Å²) in [7, 11) is 1.62. The maximum Gasteiger partial charge on any atom is 0.399 e. The van der Waals surface area contributed by atoms with E-state index in [0.29, 0.717) is 5.75 Å². The van der Waals surface area contributed by atoms with Crippen LogP contribution in [0.5, 0.6) is 17.6 Å². The fourth-order valence-electron chi connectivity index (χ4n) is 1.01. The van der Waals surface area contributed by atoms with E-state index in [1.165, 1.54) is 12.5 Å². The van der Waals surface area contributed by atoms with E-state index in [2.05, 4.69) is 4.98 Å². The molecule has 72 valence electrons. The van der Waals surface area contributed by atoms with E-state index >= 15 is 0 Å². The van der Waals surface area contributed by atoms with Crippen molar-refractivity contribution in [2.75, 3.05) is 7.11 Å². The molecular weight excluding hydrogens is 182 g/mol. The van der Waals surface area contributed by atoms with Crippen molar-refractivity contribution in [1.82, 2.24) is 4.98 Å². The van der Waals surface area contributed by atoms with Gasteiger partial charge in [-0.05, 0) is 24.3 Å². The largest absolute Gasteiger partial charge is 0.497 e. The zero-order valence-corrected chi connectivity index (χ0v) is 7.64. The summed E-state index contributed by atoms with van der Waals surface area (Å²) in [5.41, 5.74) is 0. The maximum atomic E-state index is 5.28. The van der Waals surface area contributed by atoms with Gasteiger partial charge in [-0.3, -0.25) is 0 Å². The normalized spacial score (nSPS) is 9.79. The molecular formula is C10H9NO3. The van der Waals surface area contributed by atoms with Gasteiger partial charge in [-0.15, -0.1) is 0 Å². The minimum atomic E-state index is 0.232. The van der Waals surface area contributed by atoms with Crippen molar-refractivity contribution in [3.63, 3.8) is 0 Å². The summed E-state index contributed by atoms with van der Waals surface area (Å²) < 4.78 is 15.2. The molecule has 0 bridgehead atoms. The molecule has 0 saturated heterocycles. The van der Waals surface area contributed by atoms with Crippen LogP contribution in [-0.2, 0) is 0 Å². The average molecular weight is 191 g/mol. The molecule has 0 aliphatic heterocycles. The highest BCUT2D eigenvalue weighted by Gasteiger charge is 2.00. The molecule has 1 heterocycles. The van der Waals surface area contributed by atoms with Gasteiger partial charge < -0.3 is 13.9 Å². The third-order valence-electron chi connectivity index (χ3n) is 1.67. The number of hydrogen-bond acceptors (Lipinski definition) is 4. The lowest BCUT2D eigenvalue weighted by Crippen LogP contribution is -1.85. The van der Waals surface area contributed by atoms with Crippen molar-refractivity contribution in [2.45, 2.75) is 0 Å². The van der Waals surface area contributed by atoms with Crippen LogP contribution in [0.1, 0.15) is 0 Å². The van der Waals surface area contributed by atoms with Gasteiger partial charge in [0.1, 0.15) is 17.8 Å². The lowest BCUT2D eigenvalue weighted by Gasteiger charge is -2.01. The Morgan fingerprint density at radius 1 is 1.14 bits per heavy atom. The van der Waals surface area contributed by atoms with Crippen molar-refractivity contribution in [3.05, 3.63) is 36.7 Å². The van der Waals surface area contributed by atoms with Crippen molar-refractivity contribution in [2.24, 2.45) is 0 Å². The van der Waals surface area contributed by atoms with Gasteiger partial charge in [0.15, 0.2) is 0 Å². The second-order valence-electron chi connectivity index (χ2n) is 2.58. The molecule has 2 rings (SSSR count). The zero-order valence-electron chi connectivity index (χ0n) is 7.64.